The van der Waals surface area contributed by atoms with E-state index in [1.54, 1.807) is 0 Å². The monoisotopic (exact) mass is 232 g/mol. The van der Waals surface area contributed by atoms with Crippen molar-refractivity contribution in [3.8, 4) is 0 Å². The third kappa shape index (κ3) is 2.19. The summed E-state index contributed by atoms with van der Waals surface area (Å²) < 4.78 is 0. The lowest BCUT2D eigenvalue weighted by atomic mass is 9.85. The first-order chi connectivity index (χ1) is 8.07. The van der Waals surface area contributed by atoms with Gasteiger partial charge in [-0.05, 0) is 57.7 Å². The molecule has 0 saturated carbocycles. The standard InChI is InChI=1S/C15H24N2/c1-12-6-4-5-7-14(12)17-11-9-13(8-10-16)15(17,2)3/h4-7,13H,8-11,16H2,1-3H3. The highest BCUT2D eigenvalue weighted by atomic mass is 15.2. The van der Waals surface area contributed by atoms with Crippen molar-refractivity contribution in [1.82, 2.24) is 0 Å². The van der Waals surface area contributed by atoms with Gasteiger partial charge in [-0.2, -0.15) is 0 Å². The molecule has 1 atom stereocenters. The summed E-state index contributed by atoms with van der Waals surface area (Å²) in [4.78, 5) is 2.56. The lowest BCUT2D eigenvalue weighted by molar-refractivity contribution is 0.348. The van der Waals surface area contributed by atoms with Crippen molar-refractivity contribution < 1.29 is 0 Å². The second-order valence-electron chi connectivity index (χ2n) is 5.65. The third-order valence-electron chi connectivity index (χ3n) is 4.32. The van der Waals surface area contributed by atoms with Gasteiger partial charge in [-0.25, -0.2) is 0 Å². The van der Waals surface area contributed by atoms with Crippen molar-refractivity contribution in [3.05, 3.63) is 29.8 Å². The molecule has 1 aromatic rings. The summed E-state index contributed by atoms with van der Waals surface area (Å²) in [5.74, 6) is 0.715. The molecule has 0 aliphatic carbocycles. The largest absolute Gasteiger partial charge is 0.366 e. The third-order valence-corrected chi connectivity index (χ3v) is 4.32. The van der Waals surface area contributed by atoms with E-state index in [2.05, 4.69) is 49.9 Å². The Bertz CT molecular complexity index is 384. The lowest BCUT2D eigenvalue weighted by Crippen LogP contribution is -2.43. The van der Waals surface area contributed by atoms with Crippen LogP contribution in [0.5, 0.6) is 0 Å². The van der Waals surface area contributed by atoms with Gasteiger partial charge in [0.25, 0.3) is 0 Å². The minimum absolute atomic E-state index is 0.228. The van der Waals surface area contributed by atoms with E-state index in [1.807, 2.05) is 0 Å². The number of aryl methyl sites for hydroxylation is 1. The van der Waals surface area contributed by atoms with Gasteiger partial charge in [0.1, 0.15) is 0 Å². The Morgan fingerprint density at radius 1 is 1.35 bits per heavy atom. The molecule has 1 aliphatic rings. The first kappa shape index (κ1) is 12.4. The minimum Gasteiger partial charge on any atom is -0.366 e. The van der Waals surface area contributed by atoms with Crippen LogP contribution in [-0.2, 0) is 0 Å². The van der Waals surface area contributed by atoms with Gasteiger partial charge in [0.2, 0.25) is 0 Å². The van der Waals surface area contributed by atoms with Crippen LogP contribution in [0.25, 0.3) is 0 Å². The molecule has 94 valence electrons. The highest BCUT2D eigenvalue weighted by Crippen LogP contribution is 2.40. The van der Waals surface area contributed by atoms with Gasteiger partial charge in [-0.15, -0.1) is 0 Å². The van der Waals surface area contributed by atoms with Crippen molar-refractivity contribution >= 4 is 5.69 Å². The molecule has 0 radical (unpaired) electrons. The quantitative estimate of drug-likeness (QED) is 0.868. The fourth-order valence-corrected chi connectivity index (χ4v) is 3.14. The van der Waals surface area contributed by atoms with Crippen LogP contribution in [0.4, 0.5) is 5.69 Å². The maximum atomic E-state index is 5.72. The average Bonchev–Trinajstić information content (AvgIpc) is 2.57. The van der Waals surface area contributed by atoms with Gasteiger partial charge in [-0.1, -0.05) is 18.2 Å². The maximum Gasteiger partial charge on any atom is 0.0400 e. The molecule has 0 amide bonds. The van der Waals surface area contributed by atoms with E-state index in [4.69, 9.17) is 5.73 Å². The zero-order valence-corrected chi connectivity index (χ0v) is 11.2. The smallest absolute Gasteiger partial charge is 0.0400 e. The number of anilines is 1. The van der Waals surface area contributed by atoms with Crippen LogP contribution in [0.1, 0.15) is 32.3 Å². The second-order valence-corrected chi connectivity index (χ2v) is 5.65. The predicted octanol–water partition coefficient (Wildman–Crippen LogP) is 2.95. The molecule has 0 spiro atoms. The number of para-hydroxylation sites is 1. The molecule has 0 bridgehead atoms. The molecule has 2 rings (SSSR count). The number of nitrogens with zero attached hydrogens (tertiary/aromatic N) is 1. The van der Waals surface area contributed by atoms with Crippen LogP contribution in [0.15, 0.2) is 24.3 Å². The molecule has 2 nitrogen and oxygen atoms in total. The molecule has 2 heteroatoms. The van der Waals surface area contributed by atoms with Gasteiger partial charge in [-0.3, -0.25) is 0 Å². The summed E-state index contributed by atoms with van der Waals surface area (Å²) in [6.07, 6.45) is 2.40. The van der Waals surface area contributed by atoms with Crippen LogP contribution in [0, 0.1) is 12.8 Å². The number of hydrogen-bond donors (Lipinski definition) is 1. The summed E-state index contributed by atoms with van der Waals surface area (Å²) in [5.41, 5.74) is 8.71. The highest BCUT2D eigenvalue weighted by molar-refractivity contribution is 5.56. The summed E-state index contributed by atoms with van der Waals surface area (Å²) in [5, 5.41) is 0. The molecule has 1 fully saturated rings. The molecular weight excluding hydrogens is 208 g/mol. The average molecular weight is 232 g/mol. The highest BCUT2D eigenvalue weighted by Gasteiger charge is 2.40. The number of hydrogen-bond acceptors (Lipinski definition) is 2. The Morgan fingerprint density at radius 2 is 2.06 bits per heavy atom. The molecule has 1 heterocycles. The zero-order valence-electron chi connectivity index (χ0n) is 11.2. The molecular formula is C15H24N2. The zero-order chi connectivity index (χ0) is 12.5. The Morgan fingerprint density at radius 3 is 2.71 bits per heavy atom. The van der Waals surface area contributed by atoms with E-state index in [-0.39, 0.29) is 5.54 Å². The molecule has 1 aromatic carbocycles. The Balaban J connectivity index is 2.27. The first-order valence-electron chi connectivity index (χ1n) is 6.60. The van der Waals surface area contributed by atoms with Crippen LogP contribution in [0.2, 0.25) is 0 Å². The van der Waals surface area contributed by atoms with Gasteiger partial charge < -0.3 is 10.6 Å². The van der Waals surface area contributed by atoms with E-state index in [1.165, 1.54) is 17.7 Å². The fourth-order valence-electron chi connectivity index (χ4n) is 3.14. The number of rotatable bonds is 3. The molecule has 0 aromatic heterocycles. The van der Waals surface area contributed by atoms with Gasteiger partial charge in [0, 0.05) is 17.8 Å². The number of benzene rings is 1. The van der Waals surface area contributed by atoms with Crippen molar-refractivity contribution in [2.75, 3.05) is 18.0 Å². The van der Waals surface area contributed by atoms with Gasteiger partial charge in [0.05, 0.1) is 0 Å². The summed E-state index contributed by atoms with van der Waals surface area (Å²) >= 11 is 0. The Kier molecular flexibility index (Phi) is 3.43. The van der Waals surface area contributed by atoms with Gasteiger partial charge >= 0.3 is 0 Å². The Labute approximate surface area is 105 Å². The predicted molar refractivity (Wildman–Crippen MR) is 74.4 cm³/mol. The molecule has 1 unspecified atom stereocenters. The van der Waals surface area contributed by atoms with Gasteiger partial charge in [0.15, 0.2) is 0 Å². The minimum atomic E-state index is 0.228. The molecule has 2 N–H and O–H groups in total. The van der Waals surface area contributed by atoms with E-state index < -0.39 is 0 Å². The SMILES string of the molecule is Cc1ccccc1N1CCC(CCN)C1(C)C. The Hall–Kier alpha value is -1.02. The van der Waals surface area contributed by atoms with E-state index in [0.29, 0.717) is 5.92 Å². The van der Waals surface area contributed by atoms with E-state index in [9.17, 15) is 0 Å². The topological polar surface area (TPSA) is 29.3 Å². The van der Waals surface area contributed by atoms with Crippen molar-refractivity contribution in [1.29, 1.82) is 0 Å². The molecule has 17 heavy (non-hydrogen) atoms. The lowest BCUT2D eigenvalue weighted by Gasteiger charge is -2.38. The maximum absolute atomic E-state index is 5.72. The summed E-state index contributed by atoms with van der Waals surface area (Å²) in [6.45, 7) is 8.86. The van der Waals surface area contributed by atoms with Crippen molar-refractivity contribution in [3.63, 3.8) is 0 Å². The number of nitrogens with two attached hydrogens (primary N) is 1. The van der Waals surface area contributed by atoms with Crippen LogP contribution >= 0.6 is 0 Å². The van der Waals surface area contributed by atoms with Crippen LogP contribution in [0.3, 0.4) is 0 Å². The summed E-state index contributed by atoms with van der Waals surface area (Å²) in [7, 11) is 0. The first-order valence-corrected chi connectivity index (χ1v) is 6.60. The summed E-state index contributed by atoms with van der Waals surface area (Å²) in [6, 6.07) is 8.68. The van der Waals surface area contributed by atoms with Crippen molar-refractivity contribution in [2.24, 2.45) is 11.7 Å². The van der Waals surface area contributed by atoms with Crippen molar-refractivity contribution in [2.45, 2.75) is 39.2 Å². The van der Waals surface area contributed by atoms with Crippen LogP contribution < -0.4 is 10.6 Å². The van der Waals surface area contributed by atoms with E-state index >= 15 is 0 Å². The second kappa shape index (κ2) is 4.69. The molecule has 1 saturated heterocycles. The van der Waals surface area contributed by atoms with Crippen LogP contribution in [-0.4, -0.2) is 18.6 Å². The van der Waals surface area contributed by atoms with E-state index in [0.717, 1.165) is 19.5 Å². The normalized spacial score (nSPS) is 23.1. The molecule has 1 aliphatic heterocycles. The fraction of sp³-hybridized carbons (Fsp3) is 0.600.